The quantitative estimate of drug-likeness (QED) is 0.501. The van der Waals surface area contributed by atoms with E-state index >= 15 is 0 Å². The molecular weight excluding hydrogens is 462 g/mol. The standard InChI is InChI=1S/C16H7Br2NO2S2/c17-11-5-3-9(22-11)7-1-2-8(10-4-6-12(18)23-10)14-13(7)15(20)19-16(14)21/h1-6H,(H,19,20,21). The Morgan fingerprint density at radius 1 is 0.696 bits per heavy atom. The molecule has 0 bridgehead atoms. The van der Waals surface area contributed by atoms with Gasteiger partial charge in [-0.1, -0.05) is 12.1 Å². The minimum atomic E-state index is -0.331. The van der Waals surface area contributed by atoms with Crippen molar-refractivity contribution in [3.8, 4) is 20.9 Å². The number of imide groups is 1. The van der Waals surface area contributed by atoms with Crippen LogP contribution < -0.4 is 5.32 Å². The first-order valence-electron chi connectivity index (χ1n) is 6.58. The Morgan fingerprint density at radius 3 is 1.48 bits per heavy atom. The SMILES string of the molecule is O=C1NC(=O)c2c(-c3ccc(Br)s3)ccc(-c3ccc(Br)s3)c21. The summed E-state index contributed by atoms with van der Waals surface area (Å²) in [7, 11) is 0. The Hall–Kier alpha value is -1.28. The van der Waals surface area contributed by atoms with Crippen LogP contribution in [0.15, 0.2) is 44.0 Å². The maximum atomic E-state index is 12.3. The van der Waals surface area contributed by atoms with Gasteiger partial charge in [0.25, 0.3) is 11.8 Å². The molecule has 2 amide bonds. The fraction of sp³-hybridized carbons (Fsp3) is 0. The normalized spacial score (nSPS) is 13.3. The van der Waals surface area contributed by atoms with Gasteiger partial charge in [-0.25, -0.2) is 0 Å². The highest BCUT2D eigenvalue weighted by molar-refractivity contribution is 9.11. The molecule has 0 aliphatic carbocycles. The van der Waals surface area contributed by atoms with Crippen molar-refractivity contribution >= 4 is 66.3 Å². The van der Waals surface area contributed by atoms with Crippen LogP contribution in [0.3, 0.4) is 0 Å². The zero-order valence-corrected chi connectivity index (χ0v) is 16.2. The second-order valence-corrected chi connectivity index (χ2v) is 9.83. The van der Waals surface area contributed by atoms with E-state index in [1.165, 1.54) is 22.7 Å². The number of fused-ring (bicyclic) bond motifs is 1. The second-order valence-electron chi connectivity index (χ2n) is 4.90. The lowest BCUT2D eigenvalue weighted by Gasteiger charge is -2.08. The van der Waals surface area contributed by atoms with Gasteiger partial charge in [0.2, 0.25) is 0 Å². The number of amides is 2. The van der Waals surface area contributed by atoms with E-state index in [4.69, 9.17) is 0 Å². The van der Waals surface area contributed by atoms with Crippen LogP contribution in [0.25, 0.3) is 20.9 Å². The highest BCUT2D eigenvalue weighted by Gasteiger charge is 2.33. The highest BCUT2D eigenvalue weighted by Crippen LogP contribution is 2.41. The molecule has 0 unspecified atom stereocenters. The molecule has 0 saturated heterocycles. The molecule has 0 spiro atoms. The molecule has 1 aliphatic rings. The third kappa shape index (κ3) is 2.52. The third-order valence-corrected chi connectivity index (χ3v) is 6.88. The maximum absolute atomic E-state index is 12.3. The Labute approximate surface area is 156 Å². The summed E-state index contributed by atoms with van der Waals surface area (Å²) in [4.78, 5) is 26.6. The lowest BCUT2D eigenvalue weighted by Crippen LogP contribution is -2.20. The van der Waals surface area contributed by atoms with E-state index in [1.54, 1.807) is 0 Å². The first-order valence-corrected chi connectivity index (χ1v) is 9.80. The molecule has 1 N–H and O–H groups in total. The lowest BCUT2D eigenvalue weighted by atomic mass is 9.96. The van der Waals surface area contributed by atoms with Crippen molar-refractivity contribution in [3.63, 3.8) is 0 Å². The third-order valence-electron chi connectivity index (χ3n) is 3.56. The van der Waals surface area contributed by atoms with E-state index in [-0.39, 0.29) is 11.8 Å². The summed E-state index contributed by atoms with van der Waals surface area (Å²) >= 11 is 9.95. The van der Waals surface area contributed by atoms with E-state index in [0.29, 0.717) is 11.1 Å². The Balaban J connectivity index is 1.99. The van der Waals surface area contributed by atoms with Crippen molar-refractivity contribution in [1.82, 2.24) is 5.32 Å². The average molecular weight is 469 g/mol. The van der Waals surface area contributed by atoms with Crippen LogP contribution in [0.5, 0.6) is 0 Å². The van der Waals surface area contributed by atoms with Gasteiger partial charge in [0.15, 0.2) is 0 Å². The van der Waals surface area contributed by atoms with Gasteiger partial charge in [0.1, 0.15) is 0 Å². The number of carbonyl (C=O) groups is 2. The molecule has 3 aromatic rings. The molecule has 1 aliphatic heterocycles. The van der Waals surface area contributed by atoms with Crippen molar-refractivity contribution in [2.24, 2.45) is 0 Å². The molecule has 7 heteroatoms. The number of hydrogen-bond acceptors (Lipinski definition) is 4. The van der Waals surface area contributed by atoms with E-state index in [9.17, 15) is 9.59 Å². The summed E-state index contributed by atoms with van der Waals surface area (Å²) in [6.45, 7) is 0. The molecule has 0 saturated carbocycles. The summed E-state index contributed by atoms with van der Waals surface area (Å²) in [6.07, 6.45) is 0. The van der Waals surface area contributed by atoms with Gasteiger partial charge in [-0.05, 0) is 56.1 Å². The van der Waals surface area contributed by atoms with Gasteiger partial charge in [-0.15, -0.1) is 22.7 Å². The number of rotatable bonds is 2. The van der Waals surface area contributed by atoms with Crippen LogP contribution in [0.1, 0.15) is 20.7 Å². The molecule has 4 rings (SSSR count). The molecule has 0 atom stereocenters. The molecule has 0 fully saturated rings. The predicted octanol–water partition coefficient (Wildman–Crippen LogP) is 5.55. The van der Waals surface area contributed by atoms with Crippen LogP contribution in [-0.2, 0) is 0 Å². The summed E-state index contributed by atoms with van der Waals surface area (Å²) in [5.74, 6) is -0.663. The number of thiophene rings is 2. The molecule has 114 valence electrons. The van der Waals surface area contributed by atoms with Gasteiger partial charge in [0, 0.05) is 20.9 Å². The number of nitrogens with one attached hydrogen (secondary N) is 1. The van der Waals surface area contributed by atoms with Gasteiger partial charge in [-0.2, -0.15) is 0 Å². The van der Waals surface area contributed by atoms with Gasteiger partial charge >= 0.3 is 0 Å². The molecule has 1 aromatic carbocycles. The molecule has 3 nitrogen and oxygen atoms in total. The van der Waals surface area contributed by atoms with Gasteiger partial charge in [0.05, 0.1) is 18.7 Å². The van der Waals surface area contributed by atoms with Crippen molar-refractivity contribution in [2.45, 2.75) is 0 Å². The molecule has 0 radical (unpaired) electrons. The lowest BCUT2D eigenvalue weighted by molar-refractivity contribution is 0.0880. The van der Waals surface area contributed by atoms with Crippen molar-refractivity contribution in [1.29, 1.82) is 0 Å². The zero-order chi connectivity index (χ0) is 16.1. The number of halogens is 2. The number of carbonyl (C=O) groups excluding carboxylic acids is 2. The van der Waals surface area contributed by atoms with E-state index in [1.807, 2.05) is 36.4 Å². The minimum absolute atomic E-state index is 0.331. The van der Waals surface area contributed by atoms with Crippen molar-refractivity contribution in [2.75, 3.05) is 0 Å². The van der Waals surface area contributed by atoms with E-state index in [0.717, 1.165) is 28.5 Å². The van der Waals surface area contributed by atoms with E-state index in [2.05, 4.69) is 37.2 Å². The first-order chi connectivity index (χ1) is 11.0. The fourth-order valence-corrected chi connectivity index (χ4v) is 5.47. The monoisotopic (exact) mass is 467 g/mol. The Morgan fingerprint density at radius 2 is 1.13 bits per heavy atom. The van der Waals surface area contributed by atoms with Crippen LogP contribution in [0.4, 0.5) is 0 Å². The maximum Gasteiger partial charge on any atom is 0.259 e. The largest absolute Gasteiger partial charge is 0.288 e. The molecule has 2 aromatic heterocycles. The van der Waals surface area contributed by atoms with Gasteiger partial charge in [-0.3, -0.25) is 14.9 Å². The van der Waals surface area contributed by atoms with Gasteiger partial charge < -0.3 is 0 Å². The second kappa shape index (κ2) is 5.66. The van der Waals surface area contributed by atoms with Crippen molar-refractivity contribution in [3.05, 3.63) is 55.1 Å². The first kappa shape index (κ1) is 15.3. The summed E-state index contributed by atoms with van der Waals surface area (Å²) < 4.78 is 1.97. The van der Waals surface area contributed by atoms with Crippen LogP contribution >= 0.6 is 54.5 Å². The summed E-state index contributed by atoms with van der Waals surface area (Å²) in [5, 5.41) is 2.42. The summed E-state index contributed by atoms with van der Waals surface area (Å²) in [5.41, 5.74) is 2.51. The number of benzene rings is 1. The highest BCUT2D eigenvalue weighted by atomic mass is 79.9. The van der Waals surface area contributed by atoms with E-state index < -0.39 is 0 Å². The Bertz CT molecular complexity index is 897. The molecular formula is C16H7Br2NO2S2. The van der Waals surface area contributed by atoms with Crippen LogP contribution in [0.2, 0.25) is 0 Å². The molecule has 3 heterocycles. The summed E-state index contributed by atoms with van der Waals surface area (Å²) in [6, 6.07) is 11.6. The van der Waals surface area contributed by atoms with Crippen LogP contribution in [0, 0.1) is 0 Å². The smallest absolute Gasteiger partial charge is 0.259 e. The fourth-order valence-electron chi connectivity index (χ4n) is 2.63. The van der Waals surface area contributed by atoms with Crippen molar-refractivity contribution < 1.29 is 9.59 Å². The Kier molecular flexibility index (Phi) is 3.76. The average Bonchev–Trinajstić information content (AvgIpc) is 3.20. The molecule has 23 heavy (non-hydrogen) atoms. The number of hydrogen-bond donors (Lipinski definition) is 1. The van der Waals surface area contributed by atoms with Crippen LogP contribution in [-0.4, -0.2) is 11.8 Å². The minimum Gasteiger partial charge on any atom is -0.288 e. The zero-order valence-electron chi connectivity index (χ0n) is 11.4. The predicted molar refractivity (Wildman–Crippen MR) is 100 cm³/mol. The topological polar surface area (TPSA) is 46.2 Å².